The third kappa shape index (κ3) is 4.64. The molecule has 0 saturated carbocycles. The average Bonchev–Trinajstić information content (AvgIpc) is 3.41. The molecule has 0 spiro atoms. The number of hydrogen-bond donors (Lipinski definition) is 1. The van der Waals surface area contributed by atoms with E-state index in [2.05, 4.69) is 116 Å². The van der Waals surface area contributed by atoms with Crippen LogP contribution in [0.5, 0.6) is 17.2 Å². The van der Waals surface area contributed by atoms with E-state index in [9.17, 15) is 5.11 Å². The first-order valence-corrected chi connectivity index (χ1v) is 17.4. The van der Waals surface area contributed by atoms with Gasteiger partial charge in [0.2, 0.25) is 0 Å². The fraction of sp³-hybridized carbons (Fsp3) is 0.200. The van der Waals surface area contributed by atoms with Gasteiger partial charge in [0.25, 0.3) is 0 Å². The van der Waals surface area contributed by atoms with E-state index in [1.54, 1.807) is 19.2 Å². The molecule has 9 rings (SSSR count). The first kappa shape index (κ1) is 30.5. The number of nitrogens with zero attached hydrogens (tertiary/aromatic N) is 1. The monoisotopic (exact) mass is 657 g/mol. The van der Waals surface area contributed by atoms with Crippen LogP contribution in [0.15, 0.2) is 121 Å². The Morgan fingerprint density at radius 1 is 0.740 bits per heavy atom. The van der Waals surface area contributed by atoms with E-state index in [1.165, 1.54) is 39.1 Å². The lowest BCUT2D eigenvalue weighted by atomic mass is 9.76. The minimum absolute atomic E-state index is 0.219. The summed E-state index contributed by atoms with van der Waals surface area (Å²) < 4.78 is 18.9. The predicted molar refractivity (Wildman–Crippen MR) is 202 cm³/mol. The molecule has 248 valence electrons. The number of anilines is 1. The van der Waals surface area contributed by atoms with E-state index in [4.69, 9.17) is 14.2 Å². The summed E-state index contributed by atoms with van der Waals surface area (Å²) in [4.78, 5) is 2.36. The van der Waals surface area contributed by atoms with Crippen LogP contribution < -0.4 is 14.4 Å². The Labute approximate surface area is 293 Å². The standard InChI is InChI=1S/C45H39NO4/c1-44(2)40-27-30(29-7-5-4-6-8-29)9-19-37(40)41-39-28-35(48-3)18-20-36(39)43-38(42(41)44)21-22-45(50-43,32-12-16-34(47)17-13-32)31-10-14-33(15-11-31)46-23-25-49-26-24-46/h4-22,27-28,47H,23-26H2,1-3H3. The van der Waals surface area contributed by atoms with Gasteiger partial charge in [0.05, 0.1) is 20.3 Å². The number of morpholine rings is 1. The summed E-state index contributed by atoms with van der Waals surface area (Å²) in [7, 11) is 1.72. The first-order chi connectivity index (χ1) is 24.4. The number of phenolic OH excluding ortho intramolecular Hbond substituents is 1. The molecule has 50 heavy (non-hydrogen) atoms. The molecular formula is C45H39NO4. The van der Waals surface area contributed by atoms with Crippen molar-refractivity contribution in [2.24, 2.45) is 0 Å². The zero-order chi connectivity index (χ0) is 34.0. The molecule has 0 amide bonds. The Bertz CT molecular complexity index is 2280. The number of methoxy groups -OCH3 is 1. The summed E-state index contributed by atoms with van der Waals surface area (Å²) in [6, 6.07) is 39.9. The van der Waals surface area contributed by atoms with Crippen LogP contribution in [0.25, 0.3) is 39.1 Å². The van der Waals surface area contributed by atoms with E-state index in [0.29, 0.717) is 0 Å². The molecule has 1 N–H and O–H groups in total. The van der Waals surface area contributed by atoms with Crippen LogP contribution in [0.2, 0.25) is 0 Å². The second kappa shape index (κ2) is 11.5. The van der Waals surface area contributed by atoms with Crippen molar-refractivity contribution < 1.29 is 19.3 Å². The van der Waals surface area contributed by atoms with E-state index in [1.807, 2.05) is 18.2 Å². The SMILES string of the molecule is COc1ccc2c3c(c4c(c2c1)-c1ccc(-c2ccccc2)cc1C4(C)C)C=CC(c1ccc(O)cc1)(c1ccc(N2CCOCC2)cc1)O3. The molecular weight excluding hydrogens is 618 g/mol. The van der Waals surface area contributed by atoms with E-state index >= 15 is 0 Å². The molecule has 1 unspecified atom stereocenters. The van der Waals surface area contributed by atoms with Gasteiger partial charge < -0.3 is 24.2 Å². The third-order valence-corrected chi connectivity index (χ3v) is 10.9. The van der Waals surface area contributed by atoms with Crippen LogP contribution in [-0.2, 0) is 15.8 Å². The van der Waals surface area contributed by atoms with Crippen molar-refractivity contribution in [2.45, 2.75) is 24.9 Å². The lowest BCUT2D eigenvalue weighted by Crippen LogP contribution is -2.37. The van der Waals surface area contributed by atoms with Crippen LogP contribution >= 0.6 is 0 Å². The quantitative estimate of drug-likeness (QED) is 0.200. The van der Waals surface area contributed by atoms with Gasteiger partial charge >= 0.3 is 0 Å². The molecule has 2 aliphatic heterocycles. The van der Waals surface area contributed by atoms with Crippen LogP contribution in [-0.4, -0.2) is 38.5 Å². The van der Waals surface area contributed by atoms with E-state index in [-0.39, 0.29) is 11.2 Å². The number of benzene rings is 6. The highest BCUT2D eigenvalue weighted by Gasteiger charge is 2.44. The highest BCUT2D eigenvalue weighted by molar-refractivity contribution is 6.09. The molecule has 6 aromatic rings. The predicted octanol–water partition coefficient (Wildman–Crippen LogP) is 9.71. The smallest absolute Gasteiger partial charge is 0.178 e. The van der Waals surface area contributed by atoms with Gasteiger partial charge in [-0.15, -0.1) is 0 Å². The molecule has 1 saturated heterocycles. The van der Waals surface area contributed by atoms with Gasteiger partial charge in [0, 0.05) is 46.3 Å². The van der Waals surface area contributed by atoms with Gasteiger partial charge in [-0.2, -0.15) is 0 Å². The molecule has 1 aliphatic carbocycles. The summed E-state index contributed by atoms with van der Waals surface area (Å²) in [6.07, 6.45) is 4.48. The molecule has 0 radical (unpaired) electrons. The Balaban J connectivity index is 1.26. The van der Waals surface area contributed by atoms with Crippen LogP contribution in [0.1, 0.15) is 41.7 Å². The maximum atomic E-state index is 10.3. The van der Waals surface area contributed by atoms with Gasteiger partial charge in [0.1, 0.15) is 17.2 Å². The van der Waals surface area contributed by atoms with Crippen LogP contribution in [0.4, 0.5) is 5.69 Å². The average molecular weight is 658 g/mol. The zero-order valence-corrected chi connectivity index (χ0v) is 28.6. The molecule has 1 atom stereocenters. The molecule has 2 heterocycles. The number of fused-ring (bicyclic) bond motifs is 8. The summed E-state index contributed by atoms with van der Waals surface area (Å²) in [5.74, 6) is 1.87. The molecule has 1 fully saturated rings. The van der Waals surface area contributed by atoms with Crippen molar-refractivity contribution in [3.63, 3.8) is 0 Å². The fourth-order valence-electron chi connectivity index (χ4n) is 8.33. The molecule has 5 heteroatoms. The van der Waals surface area contributed by atoms with Gasteiger partial charge in [-0.05, 0) is 93.4 Å². The number of phenols is 1. The largest absolute Gasteiger partial charge is 0.508 e. The molecule has 5 nitrogen and oxygen atoms in total. The highest BCUT2D eigenvalue weighted by Crippen LogP contribution is 2.59. The van der Waals surface area contributed by atoms with Gasteiger partial charge in [-0.25, -0.2) is 0 Å². The Kier molecular flexibility index (Phi) is 7.04. The van der Waals surface area contributed by atoms with Crippen molar-refractivity contribution in [1.29, 1.82) is 0 Å². The summed E-state index contributed by atoms with van der Waals surface area (Å²) in [5.41, 5.74) is 10.4. The Morgan fingerprint density at radius 3 is 2.18 bits per heavy atom. The first-order valence-electron chi connectivity index (χ1n) is 17.4. The van der Waals surface area contributed by atoms with Crippen molar-refractivity contribution in [2.75, 3.05) is 38.3 Å². The Morgan fingerprint density at radius 2 is 1.46 bits per heavy atom. The van der Waals surface area contributed by atoms with E-state index in [0.717, 1.165) is 65.3 Å². The highest BCUT2D eigenvalue weighted by atomic mass is 16.5. The second-order valence-electron chi connectivity index (χ2n) is 14.0. The number of aromatic hydroxyl groups is 1. The van der Waals surface area contributed by atoms with Gasteiger partial charge in [0.15, 0.2) is 5.60 Å². The second-order valence-corrected chi connectivity index (χ2v) is 14.0. The fourth-order valence-corrected chi connectivity index (χ4v) is 8.33. The van der Waals surface area contributed by atoms with Crippen LogP contribution in [0.3, 0.4) is 0 Å². The molecule has 6 aromatic carbocycles. The summed E-state index contributed by atoms with van der Waals surface area (Å²) in [5, 5.41) is 12.4. The number of rotatable bonds is 5. The van der Waals surface area contributed by atoms with Crippen molar-refractivity contribution in [3.8, 4) is 39.5 Å². The van der Waals surface area contributed by atoms with Gasteiger partial charge in [-0.1, -0.05) is 86.7 Å². The Hall–Kier alpha value is -5.52. The lowest BCUT2D eigenvalue weighted by molar-refractivity contribution is 0.122. The normalized spacial score (nSPS) is 18.7. The third-order valence-electron chi connectivity index (χ3n) is 10.9. The summed E-state index contributed by atoms with van der Waals surface area (Å²) >= 11 is 0. The molecule has 0 bridgehead atoms. The zero-order valence-electron chi connectivity index (χ0n) is 28.6. The van der Waals surface area contributed by atoms with E-state index < -0.39 is 5.60 Å². The molecule has 3 aliphatic rings. The minimum atomic E-state index is -0.929. The summed E-state index contributed by atoms with van der Waals surface area (Å²) in [6.45, 7) is 7.88. The molecule has 0 aromatic heterocycles. The van der Waals surface area contributed by atoms with Crippen LogP contribution in [0, 0.1) is 0 Å². The van der Waals surface area contributed by atoms with Gasteiger partial charge in [-0.3, -0.25) is 0 Å². The maximum absolute atomic E-state index is 10.3. The number of hydrogen-bond acceptors (Lipinski definition) is 5. The lowest BCUT2D eigenvalue weighted by Gasteiger charge is -2.39. The number of ether oxygens (including phenoxy) is 3. The van der Waals surface area contributed by atoms with Crippen molar-refractivity contribution >= 4 is 22.5 Å². The maximum Gasteiger partial charge on any atom is 0.178 e. The van der Waals surface area contributed by atoms with Crippen molar-refractivity contribution in [1.82, 2.24) is 0 Å². The van der Waals surface area contributed by atoms with Crippen molar-refractivity contribution in [3.05, 3.63) is 149 Å². The minimum Gasteiger partial charge on any atom is -0.508 e. The topological polar surface area (TPSA) is 51.2 Å².